The topological polar surface area (TPSA) is 107 Å². The Morgan fingerprint density at radius 3 is 3.04 bits per heavy atom. The van der Waals surface area contributed by atoms with Crippen LogP contribution < -0.4 is 10.2 Å². The summed E-state index contributed by atoms with van der Waals surface area (Å²) in [6, 6.07) is 9.08. The molecule has 1 atom stereocenters. The van der Waals surface area contributed by atoms with E-state index in [0.29, 0.717) is 30.3 Å². The molecule has 3 N–H and O–H groups in total. The Morgan fingerprint density at radius 2 is 2.21 bits per heavy atom. The van der Waals surface area contributed by atoms with Gasteiger partial charge in [0.1, 0.15) is 11.6 Å². The van der Waals surface area contributed by atoms with Gasteiger partial charge in [0.25, 0.3) is 5.91 Å². The number of nitrogens with zero attached hydrogens (tertiary/aromatic N) is 4. The molecular formula is C20H22N6O2. The van der Waals surface area contributed by atoms with Crippen molar-refractivity contribution in [3.05, 3.63) is 60.3 Å². The fourth-order valence-corrected chi connectivity index (χ4v) is 3.29. The highest BCUT2D eigenvalue weighted by Gasteiger charge is 2.19. The van der Waals surface area contributed by atoms with Crippen LogP contribution in [0.4, 0.5) is 5.82 Å². The van der Waals surface area contributed by atoms with Crippen molar-refractivity contribution in [3.63, 3.8) is 0 Å². The van der Waals surface area contributed by atoms with E-state index in [0.717, 1.165) is 30.8 Å². The van der Waals surface area contributed by atoms with Crippen molar-refractivity contribution in [2.75, 3.05) is 18.0 Å². The highest BCUT2D eigenvalue weighted by atomic mass is 16.3. The van der Waals surface area contributed by atoms with E-state index in [1.165, 1.54) is 0 Å². The van der Waals surface area contributed by atoms with E-state index >= 15 is 0 Å². The molecule has 8 heteroatoms. The SMILES string of the molecule is O=C(NCc1ncc[nH]1)c1cccc(-c2nccc(N3CCC[C@@H](O)C3)n2)c1. The first-order chi connectivity index (χ1) is 13.7. The molecule has 8 nitrogen and oxygen atoms in total. The van der Waals surface area contributed by atoms with Crippen LogP contribution in [-0.2, 0) is 6.54 Å². The Bertz CT molecular complexity index is 943. The smallest absolute Gasteiger partial charge is 0.251 e. The average molecular weight is 378 g/mol. The zero-order valence-corrected chi connectivity index (χ0v) is 15.4. The van der Waals surface area contributed by atoms with Gasteiger partial charge in [0.2, 0.25) is 0 Å². The normalized spacial score (nSPS) is 16.8. The van der Waals surface area contributed by atoms with Crippen LogP contribution in [0.2, 0.25) is 0 Å². The molecule has 0 radical (unpaired) electrons. The summed E-state index contributed by atoms with van der Waals surface area (Å²) in [6.07, 6.45) is 6.51. The molecule has 1 fully saturated rings. The number of anilines is 1. The lowest BCUT2D eigenvalue weighted by molar-refractivity contribution is 0.0950. The largest absolute Gasteiger partial charge is 0.391 e. The molecule has 0 aliphatic carbocycles. The minimum Gasteiger partial charge on any atom is -0.391 e. The third kappa shape index (κ3) is 4.17. The zero-order chi connectivity index (χ0) is 19.3. The fourth-order valence-electron chi connectivity index (χ4n) is 3.29. The second-order valence-electron chi connectivity index (χ2n) is 6.78. The van der Waals surface area contributed by atoms with Crippen molar-refractivity contribution < 1.29 is 9.90 Å². The second-order valence-corrected chi connectivity index (χ2v) is 6.78. The summed E-state index contributed by atoms with van der Waals surface area (Å²) in [7, 11) is 0. The highest BCUT2D eigenvalue weighted by Crippen LogP contribution is 2.22. The van der Waals surface area contributed by atoms with E-state index in [1.807, 2.05) is 18.2 Å². The van der Waals surface area contributed by atoms with E-state index in [1.54, 1.807) is 30.7 Å². The van der Waals surface area contributed by atoms with Crippen LogP contribution in [0.5, 0.6) is 0 Å². The van der Waals surface area contributed by atoms with Gasteiger partial charge in [-0.3, -0.25) is 4.79 Å². The van der Waals surface area contributed by atoms with Crippen molar-refractivity contribution in [1.29, 1.82) is 0 Å². The summed E-state index contributed by atoms with van der Waals surface area (Å²) < 4.78 is 0. The number of piperidine rings is 1. The maximum Gasteiger partial charge on any atom is 0.251 e. The Kier molecular flexibility index (Phi) is 5.29. The van der Waals surface area contributed by atoms with Crippen LogP contribution >= 0.6 is 0 Å². The summed E-state index contributed by atoms with van der Waals surface area (Å²) in [6.45, 7) is 1.77. The number of rotatable bonds is 5. The number of carbonyl (C=O) groups excluding carboxylic acids is 1. The van der Waals surface area contributed by atoms with Gasteiger partial charge in [-0.2, -0.15) is 0 Å². The van der Waals surface area contributed by atoms with Gasteiger partial charge >= 0.3 is 0 Å². The predicted molar refractivity (Wildman–Crippen MR) is 105 cm³/mol. The molecule has 1 aromatic carbocycles. The number of aromatic nitrogens is 4. The van der Waals surface area contributed by atoms with Crippen molar-refractivity contribution in [1.82, 2.24) is 25.3 Å². The van der Waals surface area contributed by atoms with Gasteiger partial charge < -0.3 is 20.3 Å². The first-order valence-electron chi connectivity index (χ1n) is 9.32. The standard InChI is InChI=1S/C20H22N6O2/c27-16-5-2-10-26(13-16)18-6-7-23-19(25-18)14-3-1-4-15(11-14)20(28)24-12-17-21-8-9-22-17/h1,3-4,6-9,11,16,27H,2,5,10,12-13H2,(H,21,22)(H,24,28)/t16-/m1/s1. The number of carbonyl (C=O) groups is 1. The molecule has 1 aliphatic heterocycles. The lowest BCUT2D eigenvalue weighted by Gasteiger charge is -2.31. The maximum absolute atomic E-state index is 12.4. The first kappa shape index (κ1) is 18.1. The predicted octanol–water partition coefficient (Wildman–Crippen LogP) is 1.76. The molecular weight excluding hydrogens is 356 g/mol. The van der Waals surface area contributed by atoms with Gasteiger partial charge in [-0.1, -0.05) is 12.1 Å². The van der Waals surface area contributed by atoms with Gasteiger partial charge in [-0.05, 0) is 31.0 Å². The van der Waals surface area contributed by atoms with Crippen LogP contribution in [0.3, 0.4) is 0 Å². The summed E-state index contributed by atoms with van der Waals surface area (Å²) >= 11 is 0. The van der Waals surface area contributed by atoms with E-state index in [2.05, 4.69) is 30.2 Å². The molecule has 0 unspecified atom stereocenters. The highest BCUT2D eigenvalue weighted by molar-refractivity contribution is 5.95. The van der Waals surface area contributed by atoms with Gasteiger partial charge in [-0.25, -0.2) is 15.0 Å². The minimum absolute atomic E-state index is 0.187. The molecule has 2 aromatic heterocycles. The maximum atomic E-state index is 12.4. The van der Waals surface area contributed by atoms with Crippen molar-refractivity contribution >= 4 is 11.7 Å². The summed E-state index contributed by atoms with van der Waals surface area (Å²) in [5.74, 6) is 1.85. The fraction of sp³-hybridized carbons (Fsp3) is 0.300. The summed E-state index contributed by atoms with van der Waals surface area (Å²) in [5.41, 5.74) is 1.30. The number of benzene rings is 1. The third-order valence-electron chi connectivity index (χ3n) is 4.72. The summed E-state index contributed by atoms with van der Waals surface area (Å²) in [5, 5.41) is 12.7. The van der Waals surface area contributed by atoms with Gasteiger partial charge in [0.05, 0.1) is 12.6 Å². The number of amides is 1. The molecule has 0 bridgehead atoms. The quantitative estimate of drug-likeness (QED) is 0.624. The van der Waals surface area contributed by atoms with Crippen molar-refractivity contribution in [3.8, 4) is 11.4 Å². The van der Waals surface area contributed by atoms with E-state index in [-0.39, 0.29) is 12.0 Å². The van der Waals surface area contributed by atoms with E-state index in [4.69, 9.17) is 0 Å². The van der Waals surface area contributed by atoms with Crippen molar-refractivity contribution in [2.24, 2.45) is 0 Å². The molecule has 3 heterocycles. The first-order valence-corrected chi connectivity index (χ1v) is 9.32. The lowest BCUT2D eigenvalue weighted by atomic mass is 10.1. The molecule has 0 saturated carbocycles. The molecule has 4 rings (SSSR count). The van der Waals surface area contributed by atoms with Crippen LogP contribution in [0.25, 0.3) is 11.4 Å². The molecule has 3 aromatic rings. The molecule has 1 saturated heterocycles. The Hall–Kier alpha value is -3.26. The number of imidazole rings is 1. The third-order valence-corrected chi connectivity index (χ3v) is 4.72. The monoisotopic (exact) mass is 378 g/mol. The number of aliphatic hydroxyl groups is 1. The van der Waals surface area contributed by atoms with E-state index < -0.39 is 0 Å². The number of H-pyrrole nitrogens is 1. The van der Waals surface area contributed by atoms with E-state index in [9.17, 15) is 9.90 Å². The van der Waals surface area contributed by atoms with Gasteiger partial charge in [0, 0.05) is 42.8 Å². The zero-order valence-electron chi connectivity index (χ0n) is 15.4. The lowest BCUT2D eigenvalue weighted by Crippen LogP contribution is -2.38. The number of aliphatic hydroxyl groups excluding tert-OH is 1. The Morgan fingerprint density at radius 1 is 1.29 bits per heavy atom. The molecule has 28 heavy (non-hydrogen) atoms. The van der Waals surface area contributed by atoms with Gasteiger partial charge in [0.15, 0.2) is 5.82 Å². The second kappa shape index (κ2) is 8.18. The molecule has 144 valence electrons. The number of nitrogens with one attached hydrogen (secondary N) is 2. The number of aromatic amines is 1. The Labute approximate surface area is 162 Å². The van der Waals surface area contributed by atoms with Crippen LogP contribution in [-0.4, -0.2) is 50.1 Å². The number of hydrogen-bond donors (Lipinski definition) is 3. The van der Waals surface area contributed by atoms with Crippen LogP contribution in [0.15, 0.2) is 48.9 Å². The summed E-state index contributed by atoms with van der Waals surface area (Å²) in [4.78, 5) is 30.6. The number of β-amino-alcohol motifs (C(OH)–C–C–N with tert-alkyl or cyclic N) is 1. The molecule has 1 aliphatic rings. The van der Waals surface area contributed by atoms with Crippen LogP contribution in [0.1, 0.15) is 29.0 Å². The molecule has 1 amide bonds. The minimum atomic E-state index is -0.326. The van der Waals surface area contributed by atoms with Crippen LogP contribution in [0, 0.1) is 0 Å². The number of hydrogen-bond acceptors (Lipinski definition) is 6. The Balaban J connectivity index is 1.51. The average Bonchev–Trinajstić information content (AvgIpc) is 3.26. The van der Waals surface area contributed by atoms with Gasteiger partial charge in [-0.15, -0.1) is 0 Å². The molecule has 0 spiro atoms. The van der Waals surface area contributed by atoms with Crippen molar-refractivity contribution in [2.45, 2.75) is 25.5 Å².